The molecule has 2 aliphatic rings. The first-order valence-corrected chi connectivity index (χ1v) is 6.38. The molecule has 2 fully saturated rings. The third-order valence-electron chi connectivity index (χ3n) is 2.68. The van der Waals surface area contributed by atoms with E-state index in [0.29, 0.717) is 12.2 Å². The van der Waals surface area contributed by atoms with E-state index >= 15 is 0 Å². The fourth-order valence-corrected chi connectivity index (χ4v) is 3.83. The predicted molar refractivity (Wildman–Crippen MR) is 60.2 cm³/mol. The zero-order chi connectivity index (χ0) is 11.9. The standard InChI is InChI=1S/C8H9BrN2O4S/c9-8(7(14)15)1-11-5(13)4(10-3-12)6(11)16-2-8/h3-4,6H,1-2H2,(H,10,12)(H,14,15)/t4?,6-,8?/m1/s1. The normalized spacial score (nSPS) is 37.3. The van der Waals surface area contributed by atoms with Crippen molar-refractivity contribution in [2.45, 2.75) is 15.7 Å². The summed E-state index contributed by atoms with van der Waals surface area (Å²) in [5, 5.41) is 11.3. The average molecular weight is 309 g/mol. The molecule has 2 aliphatic heterocycles. The van der Waals surface area contributed by atoms with Gasteiger partial charge in [-0.05, 0) is 0 Å². The molecule has 0 radical (unpaired) electrons. The van der Waals surface area contributed by atoms with Crippen LogP contribution in [0, 0.1) is 0 Å². The molecule has 2 heterocycles. The van der Waals surface area contributed by atoms with Gasteiger partial charge in [0.15, 0.2) is 0 Å². The van der Waals surface area contributed by atoms with Crippen molar-refractivity contribution < 1.29 is 19.5 Å². The third-order valence-corrected chi connectivity index (χ3v) is 5.45. The van der Waals surface area contributed by atoms with E-state index < -0.39 is 16.3 Å². The van der Waals surface area contributed by atoms with Crippen LogP contribution in [-0.2, 0) is 14.4 Å². The van der Waals surface area contributed by atoms with E-state index in [0.717, 1.165) is 0 Å². The highest BCUT2D eigenvalue weighted by atomic mass is 79.9. The summed E-state index contributed by atoms with van der Waals surface area (Å²) < 4.78 is -1.07. The van der Waals surface area contributed by atoms with Crippen molar-refractivity contribution in [3.05, 3.63) is 0 Å². The number of carbonyl (C=O) groups is 3. The number of carboxylic acids is 1. The number of hydrogen-bond donors (Lipinski definition) is 2. The summed E-state index contributed by atoms with van der Waals surface area (Å²) in [4.78, 5) is 34.3. The number of alkyl halides is 1. The molecule has 8 heteroatoms. The van der Waals surface area contributed by atoms with E-state index in [1.807, 2.05) is 0 Å². The van der Waals surface area contributed by atoms with E-state index in [1.54, 1.807) is 0 Å². The highest BCUT2D eigenvalue weighted by molar-refractivity contribution is 9.10. The van der Waals surface area contributed by atoms with Gasteiger partial charge in [-0.3, -0.25) is 14.4 Å². The van der Waals surface area contributed by atoms with E-state index in [2.05, 4.69) is 21.2 Å². The van der Waals surface area contributed by atoms with Gasteiger partial charge in [0.2, 0.25) is 12.3 Å². The van der Waals surface area contributed by atoms with Gasteiger partial charge in [-0.25, -0.2) is 0 Å². The van der Waals surface area contributed by atoms with E-state index in [4.69, 9.17) is 5.11 Å². The van der Waals surface area contributed by atoms with Crippen molar-refractivity contribution >= 4 is 46.0 Å². The van der Waals surface area contributed by atoms with E-state index in [-0.39, 0.29) is 17.8 Å². The number of fused-ring (bicyclic) bond motifs is 1. The highest BCUT2D eigenvalue weighted by Gasteiger charge is 2.56. The Balaban J connectivity index is 2.07. The lowest BCUT2D eigenvalue weighted by atomic mass is 10.0. The molecule has 2 unspecified atom stereocenters. The summed E-state index contributed by atoms with van der Waals surface area (Å²) in [5.74, 6) is -0.833. The van der Waals surface area contributed by atoms with Crippen molar-refractivity contribution in [3.63, 3.8) is 0 Å². The molecule has 0 aromatic heterocycles. The van der Waals surface area contributed by atoms with Gasteiger partial charge in [-0.2, -0.15) is 0 Å². The van der Waals surface area contributed by atoms with Gasteiger partial charge < -0.3 is 15.3 Å². The average Bonchev–Trinajstić information content (AvgIpc) is 2.26. The second-order valence-electron chi connectivity index (χ2n) is 3.70. The number of amides is 2. The Hall–Kier alpha value is -0.760. The third kappa shape index (κ3) is 1.60. The molecule has 6 nitrogen and oxygen atoms in total. The Labute approximate surface area is 104 Å². The summed E-state index contributed by atoms with van der Waals surface area (Å²) in [7, 11) is 0. The number of nitrogens with one attached hydrogen (secondary N) is 1. The lowest BCUT2D eigenvalue weighted by molar-refractivity contribution is -0.150. The smallest absolute Gasteiger partial charge is 0.323 e. The van der Waals surface area contributed by atoms with Crippen LogP contribution in [-0.4, -0.2) is 56.3 Å². The minimum absolute atomic E-state index is 0.135. The van der Waals surface area contributed by atoms with Gasteiger partial charge in [0.25, 0.3) is 0 Å². The fraction of sp³-hybridized carbons (Fsp3) is 0.625. The maximum atomic E-state index is 11.6. The lowest BCUT2D eigenvalue weighted by Crippen LogP contribution is -2.73. The molecule has 0 aliphatic carbocycles. The van der Waals surface area contributed by atoms with Gasteiger partial charge in [0.05, 0.1) is 0 Å². The van der Waals surface area contributed by atoms with Gasteiger partial charge in [-0.15, -0.1) is 11.8 Å². The van der Waals surface area contributed by atoms with Crippen LogP contribution in [0.3, 0.4) is 0 Å². The number of halogens is 1. The molecule has 0 spiro atoms. The van der Waals surface area contributed by atoms with Crippen molar-refractivity contribution in [2.75, 3.05) is 12.3 Å². The summed E-state index contributed by atoms with van der Waals surface area (Å²) in [6.45, 7) is 0.135. The lowest BCUT2D eigenvalue weighted by Gasteiger charge is -2.52. The van der Waals surface area contributed by atoms with Crippen LogP contribution in [0.2, 0.25) is 0 Å². The number of hydrogen-bond acceptors (Lipinski definition) is 4. The molecular formula is C8H9BrN2O4S. The van der Waals surface area contributed by atoms with Crippen LogP contribution in [0.15, 0.2) is 0 Å². The second-order valence-corrected chi connectivity index (χ2v) is 6.32. The summed E-state index contributed by atoms with van der Waals surface area (Å²) in [6.07, 6.45) is 0.494. The first-order valence-electron chi connectivity index (χ1n) is 4.54. The molecule has 0 aromatic rings. The quantitative estimate of drug-likeness (QED) is 0.406. The summed E-state index contributed by atoms with van der Waals surface area (Å²) >= 11 is 4.50. The Morgan fingerprint density at radius 3 is 3.00 bits per heavy atom. The molecule has 2 saturated heterocycles. The van der Waals surface area contributed by atoms with Crippen molar-refractivity contribution in [1.82, 2.24) is 10.2 Å². The molecule has 0 saturated carbocycles. The Bertz CT molecular complexity index is 366. The first-order chi connectivity index (χ1) is 7.49. The minimum Gasteiger partial charge on any atom is -0.480 e. The molecule has 16 heavy (non-hydrogen) atoms. The molecule has 2 rings (SSSR count). The van der Waals surface area contributed by atoms with Gasteiger partial charge in [0.1, 0.15) is 15.7 Å². The Kier molecular flexibility index (Phi) is 2.87. The van der Waals surface area contributed by atoms with Gasteiger partial charge in [0, 0.05) is 12.3 Å². The van der Waals surface area contributed by atoms with E-state index in [1.165, 1.54) is 16.7 Å². The van der Waals surface area contributed by atoms with E-state index in [9.17, 15) is 14.4 Å². The zero-order valence-electron chi connectivity index (χ0n) is 8.05. The van der Waals surface area contributed by atoms with Crippen molar-refractivity contribution in [3.8, 4) is 0 Å². The molecule has 2 N–H and O–H groups in total. The van der Waals surface area contributed by atoms with Crippen LogP contribution in [0.1, 0.15) is 0 Å². The summed E-state index contributed by atoms with van der Waals surface area (Å²) in [5.41, 5.74) is 0. The number of thioether (sulfide) groups is 1. The highest BCUT2D eigenvalue weighted by Crippen LogP contribution is 2.41. The number of carboxylic acid groups (broad SMARTS) is 1. The monoisotopic (exact) mass is 308 g/mol. The number of aliphatic carboxylic acids is 1. The molecule has 88 valence electrons. The van der Waals surface area contributed by atoms with Crippen LogP contribution in [0.25, 0.3) is 0 Å². The SMILES string of the molecule is O=CNC1C(=O)N2CC(Br)(C(=O)O)CS[C@H]12. The van der Waals surface area contributed by atoms with Crippen LogP contribution in [0.5, 0.6) is 0 Å². The largest absolute Gasteiger partial charge is 0.480 e. The predicted octanol–water partition coefficient (Wildman–Crippen LogP) is -0.766. The topological polar surface area (TPSA) is 86.7 Å². The maximum Gasteiger partial charge on any atom is 0.323 e. The first kappa shape index (κ1) is 11.7. The molecule has 0 aromatic carbocycles. The molecule has 0 bridgehead atoms. The van der Waals surface area contributed by atoms with Crippen molar-refractivity contribution in [2.24, 2.45) is 0 Å². The van der Waals surface area contributed by atoms with Gasteiger partial charge in [-0.1, -0.05) is 15.9 Å². The van der Waals surface area contributed by atoms with Crippen LogP contribution in [0.4, 0.5) is 0 Å². The van der Waals surface area contributed by atoms with Crippen LogP contribution >= 0.6 is 27.7 Å². The van der Waals surface area contributed by atoms with Gasteiger partial charge >= 0.3 is 5.97 Å². The molecule has 2 amide bonds. The summed E-state index contributed by atoms with van der Waals surface area (Å²) in [6, 6.07) is -0.506. The molecular weight excluding hydrogens is 300 g/mol. The number of rotatable bonds is 3. The molecule has 3 atom stereocenters. The number of carbonyl (C=O) groups excluding carboxylic acids is 2. The number of β-lactam (4-membered cyclic amide) rings is 1. The second kappa shape index (κ2) is 3.92. The number of nitrogens with zero attached hydrogens (tertiary/aromatic N) is 1. The fourth-order valence-electron chi connectivity index (χ4n) is 1.77. The van der Waals surface area contributed by atoms with Crippen molar-refractivity contribution in [1.29, 1.82) is 0 Å². The minimum atomic E-state index is -1.07. The maximum absolute atomic E-state index is 11.6. The Morgan fingerprint density at radius 1 is 1.75 bits per heavy atom. The van der Waals surface area contributed by atoms with Crippen LogP contribution < -0.4 is 5.32 Å². The Morgan fingerprint density at radius 2 is 2.44 bits per heavy atom. The zero-order valence-corrected chi connectivity index (χ0v) is 10.5.